The lowest BCUT2D eigenvalue weighted by Gasteiger charge is -2.20. The molecule has 0 amide bonds. The fourth-order valence-electron chi connectivity index (χ4n) is 0.991. The van der Waals surface area contributed by atoms with E-state index < -0.39 is 12.6 Å². The fourth-order valence-corrected chi connectivity index (χ4v) is 0.991. The van der Waals surface area contributed by atoms with E-state index in [1.54, 1.807) is 11.8 Å². The number of rotatable bonds is 6. The first-order chi connectivity index (χ1) is 6.35. The average Bonchev–Trinajstić information content (AvgIpc) is 2.02. The molecule has 84 valence electrons. The van der Waals surface area contributed by atoms with Crippen LogP contribution >= 0.6 is 0 Å². The van der Waals surface area contributed by atoms with Crippen LogP contribution in [0.2, 0.25) is 0 Å². The van der Waals surface area contributed by atoms with Crippen LogP contribution < -0.4 is 5.73 Å². The summed E-state index contributed by atoms with van der Waals surface area (Å²) in [7, 11) is 0. The summed E-state index contributed by atoms with van der Waals surface area (Å²) in [5.41, 5.74) is 5.11. The van der Waals surface area contributed by atoms with Crippen molar-refractivity contribution in [2.75, 3.05) is 19.6 Å². The van der Waals surface area contributed by atoms with Gasteiger partial charge < -0.3 is 10.6 Å². The molecule has 0 unspecified atom stereocenters. The molecule has 0 aromatic heterocycles. The third-order valence-corrected chi connectivity index (χ3v) is 1.86. The van der Waals surface area contributed by atoms with Crippen LogP contribution in [-0.2, 0) is 0 Å². The van der Waals surface area contributed by atoms with Gasteiger partial charge in [0.2, 0.25) is 0 Å². The predicted molar refractivity (Wildman–Crippen MR) is 49.3 cm³/mol. The quantitative estimate of drug-likeness (QED) is 0.517. The Morgan fingerprint density at radius 1 is 1.36 bits per heavy atom. The van der Waals surface area contributed by atoms with Crippen LogP contribution in [0.5, 0.6) is 0 Å². The molecule has 0 heterocycles. The van der Waals surface area contributed by atoms with E-state index in [0.717, 1.165) is 0 Å². The van der Waals surface area contributed by atoms with Crippen molar-refractivity contribution < 1.29 is 13.2 Å². The number of hydrogen-bond donors (Lipinski definition) is 2. The first-order valence-electron chi connectivity index (χ1n) is 4.47. The predicted octanol–water partition coefficient (Wildman–Crippen LogP) is 1.59. The summed E-state index contributed by atoms with van der Waals surface area (Å²) >= 11 is 0. The van der Waals surface area contributed by atoms with Crippen LogP contribution in [0.1, 0.15) is 19.8 Å². The number of alkyl halides is 3. The molecule has 0 fully saturated rings. The van der Waals surface area contributed by atoms with Crippen molar-refractivity contribution in [2.24, 2.45) is 5.73 Å². The minimum atomic E-state index is -4.11. The van der Waals surface area contributed by atoms with Crippen molar-refractivity contribution >= 4 is 5.84 Å². The van der Waals surface area contributed by atoms with Gasteiger partial charge >= 0.3 is 6.18 Å². The normalized spacial score (nSPS) is 12.1. The Morgan fingerprint density at radius 2 is 1.93 bits per heavy atom. The highest BCUT2D eigenvalue weighted by atomic mass is 19.4. The van der Waals surface area contributed by atoms with Crippen molar-refractivity contribution in [1.82, 2.24) is 4.90 Å². The van der Waals surface area contributed by atoms with Gasteiger partial charge in [-0.2, -0.15) is 13.2 Å². The van der Waals surface area contributed by atoms with Crippen LogP contribution in [0.3, 0.4) is 0 Å². The second kappa shape index (κ2) is 5.85. The van der Waals surface area contributed by atoms with Crippen molar-refractivity contribution in [1.29, 1.82) is 5.41 Å². The number of nitrogens with zero attached hydrogens (tertiary/aromatic N) is 1. The van der Waals surface area contributed by atoms with E-state index in [2.05, 4.69) is 0 Å². The lowest BCUT2D eigenvalue weighted by Crippen LogP contribution is -2.31. The fraction of sp³-hybridized carbons (Fsp3) is 0.875. The van der Waals surface area contributed by atoms with Crippen LogP contribution in [0, 0.1) is 5.41 Å². The van der Waals surface area contributed by atoms with Gasteiger partial charge in [0.25, 0.3) is 0 Å². The summed E-state index contributed by atoms with van der Waals surface area (Å²) in [6, 6.07) is 0. The topological polar surface area (TPSA) is 53.1 Å². The van der Waals surface area contributed by atoms with E-state index >= 15 is 0 Å². The number of nitrogens with two attached hydrogens (primary N) is 1. The van der Waals surface area contributed by atoms with Crippen LogP contribution in [0.15, 0.2) is 0 Å². The molecule has 0 aliphatic carbocycles. The summed E-state index contributed by atoms with van der Waals surface area (Å²) in [5, 5.41) is 6.95. The molecule has 0 saturated heterocycles. The maximum Gasteiger partial charge on any atom is 0.390 e. The van der Waals surface area contributed by atoms with Crippen molar-refractivity contribution in [2.45, 2.75) is 25.9 Å². The second-order valence-electron chi connectivity index (χ2n) is 3.07. The Hall–Kier alpha value is -0.780. The molecule has 14 heavy (non-hydrogen) atoms. The summed E-state index contributed by atoms with van der Waals surface area (Å²) in [6.45, 7) is 2.73. The summed E-state index contributed by atoms with van der Waals surface area (Å²) < 4.78 is 35.6. The zero-order valence-corrected chi connectivity index (χ0v) is 8.19. The highest BCUT2D eigenvalue weighted by Gasteiger charge is 2.27. The molecule has 0 atom stereocenters. The molecule has 6 heteroatoms. The third-order valence-electron chi connectivity index (χ3n) is 1.86. The maximum atomic E-state index is 11.9. The zero-order valence-electron chi connectivity index (χ0n) is 8.19. The lowest BCUT2D eigenvalue weighted by atomic mass is 10.3. The molecule has 0 spiro atoms. The first kappa shape index (κ1) is 13.2. The smallest absolute Gasteiger partial charge is 0.388 e. The van der Waals surface area contributed by atoms with Crippen LogP contribution in [-0.4, -0.2) is 36.5 Å². The van der Waals surface area contributed by atoms with Gasteiger partial charge in [0.05, 0.1) is 12.3 Å². The van der Waals surface area contributed by atoms with Crippen molar-refractivity contribution in [3.05, 3.63) is 0 Å². The average molecular weight is 211 g/mol. The number of halogens is 3. The molecule has 3 nitrogen and oxygen atoms in total. The van der Waals surface area contributed by atoms with Crippen molar-refractivity contribution in [3.63, 3.8) is 0 Å². The molecule has 0 radical (unpaired) electrons. The molecule has 0 rings (SSSR count). The minimum absolute atomic E-state index is 0.00968. The van der Waals surface area contributed by atoms with E-state index in [1.807, 2.05) is 0 Å². The monoisotopic (exact) mass is 211 g/mol. The minimum Gasteiger partial charge on any atom is -0.388 e. The first-order valence-corrected chi connectivity index (χ1v) is 4.47. The summed E-state index contributed by atoms with van der Waals surface area (Å²) in [5.74, 6) is 0.00968. The molecule has 0 aromatic rings. The second-order valence-corrected chi connectivity index (χ2v) is 3.07. The van der Waals surface area contributed by atoms with Crippen molar-refractivity contribution in [3.8, 4) is 0 Å². The molecule has 0 aromatic carbocycles. The Morgan fingerprint density at radius 3 is 2.29 bits per heavy atom. The lowest BCUT2D eigenvalue weighted by molar-refractivity contribution is -0.137. The Balaban J connectivity index is 3.74. The van der Waals surface area contributed by atoms with Gasteiger partial charge in [0.1, 0.15) is 0 Å². The molecule has 3 N–H and O–H groups in total. The van der Waals surface area contributed by atoms with Gasteiger partial charge in [-0.3, -0.25) is 5.41 Å². The number of nitrogens with one attached hydrogen (secondary N) is 1. The third kappa shape index (κ3) is 7.85. The van der Waals surface area contributed by atoms with Gasteiger partial charge in [-0.1, -0.05) is 6.92 Å². The van der Waals surface area contributed by atoms with Gasteiger partial charge in [0.15, 0.2) is 0 Å². The number of hydrogen-bond acceptors (Lipinski definition) is 2. The highest BCUT2D eigenvalue weighted by molar-refractivity contribution is 5.76. The van der Waals surface area contributed by atoms with E-state index in [9.17, 15) is 13.2 Å². The summed E-state index contributed by atoms with van der Waals surface area (Å²) in [6.07, 6.45) is -4.59. The van der Waals surface area contributed by atoms with E-state index in [1.165, 1.54) is 0 Å². The largest absolute Gasteiger partial charge is 0.390 e. The van der Waals surface area contributed by atoms with Gasteiger partial charge in [0, 0.05) is 19.5 Å². The van der Waals surface area contributed by atoms with Gasteiger partial charge in [-0.05, 0) is 6.54 Å². The Kier molecular flexibility index (Phi) is 5.52. The number of amidine groups is 1. The zero-order chi connectivity index (χ0) is 11.2. The van der Waals surface area contributed by atoms with Crippen LogP contribution in [0.25, 0.3) is 0 Å². The molecular weight excluding hydrogens is 195 g/mol. The van der Waals surface area contributed by atoms with E-state index in [0.29, 0.717) is 19.5 Å². The molecular formula is C8H16F3N3. The maximum absolute atomic E-state index is 11.9. The van der Waals surface area contributed by atoms with E-state index in [-0.39, 0.29) is 12.4 Å². The standard InChI is InChI=1S/C8H16F3N3/c1-2-14(5-3-7(12)13)6-4-8(9,10)11/h2-6H2,1H3,(H3,12,13). The highest BCUT2D eigenvalue weighted by Crippen LogP contribution is 2.19. The van der Waals surface area contributed by atoms with E-state index in [4.69, 9.17) is 11.1 Å². The van der Waals surface area contributed by atoms with Gasteiger partial charge in [-0.25, -0.2) is 0 Å². The molecule has 0 bridgehead atoms. The van der Waals surface area contributed by atoms with Crippen LogP contribution in [0.4, 0.5) is 13.2 Å². The Labute approximate surface area is 81.6 Å². The Bertz CT molecular complexity index is 179. The summed E-state index contributed by atoms with van der Waals surface area (Å²) in [4.78, 5) is 1.63. The SMILES string of the molecule is CCN(CCC(=N)N)CCC(F)(F)F. The van der Waals surface area contributed by atoms with Gasteiger partial charge in [-0.15, -0.1) is 0 Å². The molecule has 0 aliphatic rings. The molecule has 0 saturated carbocycles. The molecule has 0 aliphatic heterocycles.